The number of hydrogen-bond donors (Lipinski definition) is 2. The number of anilines is 1. The molecule has 1 atom stereocenters. The van der Waals surface area contributed by atoms with Crippen molar-refractivity contribution in [3.63, 3.8) is 0 Å². The topological polar surface area (TPSA) is 94.5 Å². The molecular formula is C16H19ClN4O3. The summed E-state index contributed by atoms with van der Waals surface area (Å²) in [6.07, 6.45) is 0. The lowest BCUT2D eigenvalue weighted by atomic mass is 10.2. The Labute approximate surface area is 145 Å². The lowest BCUT2D eigenvalue weighted by molar-refractivity contribution is -0.136. The van der Waals surface area contributed by atoms with Gasteiger partial charge in [-0.1, -0.05) is 11.6 Å². The van der Waals surface area contributed by atoms with E-state index in [2.05, 4.69) is 15.5 Å². The van der Waals surface area contributed by atoms with Crippen molar-refractivity contribution in [3.8, 4) is 6.07 Å². The number of halogens is 1. The predicted molar refractivity (Wildman–Crippen MR) is 89.7 cm³/mol. The second-order valence-electron chi connectivity index (χ2n) is 5.47. The first-order valence-electron chi connectivity index (χ1n) is 7.62. The number of amides is 2. The molecule has 1 fully saturated rings. The maximum absolute atomic E-state index is 11.9. The average Bonchev–Trinajstić information content (AvgIpc) is 2.60. The summed E-state index contributed by atoms with van der Waals surface area (Å²) in [5, 5.41) is 14.1. The van der Waals surface area contributed by atoms with Gasteiger partial charge >= 0.3 is 11.8 Å². The Morgan fingerprint density at radius 3 is 2.71 bits per heavy atom. The molecule has 2 amide bonds. The third-order valence-electron chi connectivity index (χ3n) is 3.78. The molecule has 1 aliphatic heterocycles. The van der Waals surface area contributed by atoms with E-state index >= 15 is 0 Å². The zero-order valence-electron chi connectivity index (χ0n) is 13.3. The van der Waals surface area contributed by atoms with Crippen molar-refractivity contribution in [1.29, 1.82) is 5.26 Å². The SMILES string of the molecule is CC(CNC(=O)C(=O)Nc1ccc(C#N)c(Cl)c1)N1CCOCC1. The molecule has 0 aromatic heterocycles. The summed E-state index contributed by atoms with van der Waals surface area (Å²) < 4.78 is 5.28. The molecule has 1 aromatic rings. The van der Waals surface area contributed by atoms with Crippen LogP contribution in [0.25, 0.3) is 0 Å². The van der Waals surface area contributed by atoms with Gasteiger partial charge in [-0.2, -0.15) is 5.26 Å². The number of carbonyl (C=O) groups excluding carboxylic acids is 2. The van der Waals surface area contributed by atoms with Crippen LogP contribution in [0.4, 0.5) is 5.69 Å². The number of nitrogens with zero attached hydrogens (tertiary/aromatic N) is 2. The highest BCUT2D eigenvalue weighted by Gasteiger charge is 2.20. The molecule has 1 aromatic carbocycles. The van der Waals surface area contributed by atoms with Gasteiger partial charge in [-0.25, -0.2) is 0 Å². The first-order chi connectivity index (χ1) is 11.5. The molecule has 0 bridgehead atoms. The summed E-state index contributed by atoms with van der Waals surface area (Å²) in [4.78, 5) is 26.0. The van der Waals surface area contributed by atoms with Crippen molar-refractivity contribution < 1.29 is 14.3 Å². The summed E-state index contributed by atoms with van der Waals surface area (Å²) in [6, 6.07) is 6.48. The van der Waals surface area contributed by atoms with Crippen LogP contribution in [0.1, 0.15) is 12.5 Å². The second-order valence-corrected chi connectivity index (χ2v) is 5.88. The molecule has 2 N–H and O–H groups in total. The Balaban J connectivity index is 1.82. The van der Waals surface area contributed by atoms with Gasteiger partial charge in [0.2, 0.25) is 0 Å². The summed E-state index contributed by atoms with van der Waals surface area (Å²) in [6.45, 7) is 5.35. The second kappa shape index (κ2) is 8.64. The van der Waals surface area contributed by atoms with Gasteiger partial charge in [0.25, 0.3) is 0 Å². The number of nitriles is 1. The molecule has 1 unspecified atom stereocenters. The number of carbonyl (C=O) groups is 2. The predicted octanol–water partition coefficient (Wildman–Crippen LogP) is 0.987. The maximum Gasteiger partial charge on any atom is 0.313 e. The fourth-order valence-electron chi connectivity index (χ4n) is 2.34. The van der Waals surface area contributed by atoms with Gasteiger partial charge in [0, 0.05) is 31.4 Å². The average molecular weight is 351 g/mol. The molecule has 1 aliphatic rings. The van der Waals surface area contributed by atoms with Gasteiger partial charge in [-0.15, -0.1) is 0 Å². The fourth-order valence-corrected chi connectivity index (χ4v) is 2.56. The first-order valence-corrected chi connectivity index (χ1v) is 7.99. The van der Waals surface area contributed by atoms with E-state index in [0.29, 0.717) is 31.0 Å². The number of ether oxygens (including phenoxy) is 1. The van der Waals surface area contributed by atoms with Crippen molar-refractivity contribution in [3.05, 3.63) is 28.8 Å². The van der Waals surface area contributed by atoms with Crippen LogP contribution in [0, 0.1) is 11.3 Å². The van der Waals surface area contributed by atoms with Crippen LogP contribution in [0.15, 0.2) is 18.2 Å². The molecule has 24 heavy (non-hydrogen) atoms. The quantitative estimate of drug-likeness (QED) is 0.790. The third kappa shape index (κ3) is 4.93. The molecule has 8 heteroatoms. The Morgan fingerprint density at radius 1 is 1.38 bits per heavy atom. The van der Waals surface area contributed by atoms with Crippen LogP contribution in [0.2, 0.25) is 5.02 Å². The van der Waals surface area contributed by atoms with Gasteiger partial charge in [-0.05, 0) is 25.1 Å². The molecule has 128 valence electrons. The van der Waals surface area contributed by atoms with Crippen molar-refractivity contribution in [1.82, 2.24) is 10.2 Å². The third-order valence-corrected chi connectivity index (χ3v) is 4.09. The van der Waals surface area contributed by atoms with Gasteiger partial charge in [0.15, 0.2) is 0 Å². The Kier molecular flexibility index (Phi) is 6.55. The Bertz CT molecular complexity index is 653. The van der Waals surface area contributed by atoms with E-state index in [1.54, 1.807) is 0 Å². The van der Waals surface area contributed by atoms with Crippen molar-refractivity contribution in [2.45, 2.75) is 13.0 Å². The number of hydrogen-bond acceptors (Lipinski definition) is 5. The van der Waals surface area contributed by atoms with Gasteiger partial charge in [0.1, 0.15) is 6.07 Å². The van der Waals surface area contributed by atoms with Gasteiger partial charge in [-0.3, -0.25) is 14.5 Å². The van der Waals surface area contributed by atoms with Crippen molar-refractivity contribution in [2.24, 2.45) is 0 Å². The van der Waals surface area contributed by atoms with Gasteiger partial charge in [0.05, 0.1) is 23.8 Å². The molecular weight excluding hydrogens is 332 g/mol. The molecule has 7 nitrogen and oxygen atoms in total. The highest BCUT2D eigenvalue weighted by atomic mass is 35.5. The van der Waals surface area contributed by atoms with Crippen molar-refractivity contribution in [2.75, 3.05) is 38.2 Å². The van der Waals surface area contributed by atoms with Crippen LogP contribution in [-0.4, -0.2) is 55.6 Å². The van der Waals surface area contributed by atoms with E-state index in [4.69, 9.17) is 21.6 Å². The largest absolute Gasteiger partial charge is 0.379 e. The molecule has 0 aliphatic carbocycles. The molecule has 0 saturated carbocycles. The smallest absolute Gasteiger partial charge is 0.313 e. The maximum atomic E-state index is 11.9. The van der Waals surface area contributed by atoms with E-state index in [1.807, 2.05) is 13.0 Å². The lowest BCUT2D eigenvalue weighted by Gasteiger charge is -2.32. The first kappa shape index (κ1) is 18.2. The number of morpholine rings is 1. The molecule has 0 spiro atoms. The van der Waals surface area contributed by atoms with Crippen LogP contribution >= 0.6 is 11.6 Å². The zero-order valence-corrected chi connectivity index (χ0v) is 14.1. The minimum absolute atomic E-state index is 0.120. The Morgan fingerprint density at radius 2 is 2.08 bits per heavy atom. The Hall–Kier alpha value is -2.14. The van der Waals surface area contributed by atoms with E-state index < -0.39 is 11.8 Å². The zero-order chi connectivity index (χ0) is 17.5. The molecule has 1 heterocycles. The fraction of sp³-hybridized carbons (Fsp3) is 0.438. The van der Waals surface area contributed by atoms with E-state index in [-0.39, 0.29) is 11.1 Å². The summed E-state index contributed by atoms with van der Waals surface area (Å²) in [7, 11) is 0. The minimum atomic E-state index is -0.773. The van der Waals surface area contributed by atoms with E-state index in [9.17, 15) is 9.59 Å². The van der Waals surface area contributed by atoms with Crippen LogP contribution < -0.4 is 10.6 Å². The molecule has 1 saturated heterocycles. The minimum Gasteiger partial charge on any atom is -0.379 e. The summed E-state index contributed by atoms with van der Waals surface area (Å²) in [5.41, 5.74) is 0.666. The normalized spacial score (nSPS) is 16.0. The van der Waals surface area contributed by atoms with Gasteiger partial charge < -0.3 is 15.4 Å². The van der Waals surface area contributed by atoms with Crippen LogP contribution in [0.3, 0.4) is 0 Å². The van der Waals surface area contributed by atoms with E-state index in [0.717, 1.165) is 13.1 Å². The highest BCUT2D eigenvalue weighted by Crippen LogP contribution is 2.20. The van der Waals surface area contributed by atoms with E-state index in [1.165, 1.54) is 18.2 Å². The number of benzene rings is 1. The number of rotatable bonds is 4. The van der Waals surface area contributed by atoms with Crippen molar-refractivity contribution >= 4 is 29.1 Å². The summed E-state index contributed by atoms with van der Waals surface area (Å²) in [5.74, 6) is -1.49. The highest BCUT2D eigenvalue weighted by molar-refractivity contribution is 6.40. The summed E-state index contributed by atoms with van der Waals surface area (Å²) >= 11 is 5.89. The standard InChI is InChI=1S/C16H19ClN4O3/c1-11(21-4-6-24-7-5-21)10-19-15(22)16(23)20-13-3-2-12(9-18)14(17)8-13/h2-3,8,11H,4-7,10H2,1H3,(H,19,22)(H,20,23). The molecule has 2 rings (SSSR count). The lowest BCUT2D eigenvalue weighted by Crippen LogP contribution is -2.48. The number of nitrogens with one attached hydrogen (secondary N) is 2. The van der Waals surface area contributed by atoms with Crippen LogP contribution in [-0.2, 0) is 14.3 Å². The monoisotopic (exact) mass is 350 g/mol. The molecule has 0 radical (unpaired) electrons. The van der Waals surface area contributed by atoms with Crippen LogP contribution in [0.5, 0.6) is 0 Å².